The third kappa shape index (κ3) is 2.23. The number of alkyl halides is 1. The lowest BCUT2D eigenvalue weighted by Gasteiger charge is -2.41. The molecular formula is C11H20FN. The zero-order valence-corrected chi connectivity index (χ0v) is 8.94. The molecule has 13 heavy (non-hydrogen) atoms. The van der Waals surface area contributed by atoms with Gasteiger partial charge in [0, 0.05) is 12.2 Å². The average Bonchev–Trinajstić information content (AvgIpc) is 2.08. The van der Waals surface area contributed by atoms with Crippen molar-refractivity contribution in [1.82, 2.24) is 4.90 Å². The quantitative estimate of drug-likeness (QED) is 0.639. The fraction of sp³-hybridized carbons (Fsp3) is 0.818. The molecule has 1 heterocycles. The molecule has 0 saturated carbocycles. The standard InChI is InChI=1S/C11H20FN/c1-5-10(3)13-7-6-9(2)11(4,12)8-13/h9H,3,5-8H2,1-2,4H3. The van der Waals surface area contributed by atoms with Gasteiger partial charge in [-0.25, -0.2) is 4.39 Å². The summed E-state index contributed by atoms with van der Waals surface area (Å²) in [5, 5.41) is 0. The Balaban J connectivity index is 2.60. The van der Waals surface area contributed by atoms with Crippen LogP contribution >= 0.6 is 0 Å². The fourth-order valence-corrected chi connectivity index (χ4v) is 1.75. The van der Waals surface area contributed by atoms with Crippen molar-refractivity contribution in [3.8, 4) is 0 Å². The Morgan fingerprint density at radius 1 is 1.69 bits per heavy atom. The number of nitrogens with zero attached hydrogens (tertiary/aromatic N) is 1. The lowest BCUT2D eigenvalue weighted by molar-refractivity contribution is 0.0273. The molecule has 2 heteroatoms. The molecule has 1 fully saturated rings. The van der Waals surface area contributed by atoms with Crippen molar-refractivity contribution in [2.24, 2.45) is 5.92 Å². The van der Waals surface area contributed by atoms with Crippen molar-refractivity contribution >= 4 is 0 Å². The zero-order chi connectivity index (χ0) is 10.1. The van der Waals surface area contributed by atoms with Crippen molar-refractivity contribution in [1.29, 1.82) is 0 Å². The van der Waals surface area contributed by atoms with Gasteiger partial charge >= 0.3 is 0 Å². The third-order valence-corrected chi connectivity index (χ3v) is 3.21. The van der Waals surface area contributed by atoms with Gasteiger partial charge in [-0.05, 0) is 25.7 Å². The summed E-state index contributed by atoms with van der Waals surface area (Å²) in [6, 6.07) is 0. The summed E-state index contributed by atoms with van der Waals surface area (Å²) in [4.78, 5) is 2.08. The van der Waals surface area contributed by atoms with E-state index in [-0.39, 0.29) is 5.92 Å². The van der Waals surface area contributed by atoms with Crippen LogP contribution in [-0.2, 0) is 0 Å². The van der Waals surface area contributed by atoms with Crippen molar-refractivity contribution in [3.05, 3.63) is 12.3 Å². The average molecular weight is 185 g/mol. The molecule has 0 aliphatic carbocycles. The fourth-order valence-electron chi connectivity index (χ4n) is 1.75. The van der Waals surface area contributed by atoms with Gasteiger partial charge in [0.25, 0.3) is 0 Å². The highest BCUT2D eigenvalue weighted by molar-refractivity contribution is 5.00. The SMILES string of the molecule is C=C(CC)N1CCC(C)C(C)(F)C1. The van der Waals surface area contributed by atoms with Crippen LogP contribution < -0.4 is 0 Å². The summed E-state index contributed by atoms with van der Waals surface area (Å²) in [5.74, 6) is 0.174. The smallest absolute Gasteiger partial charge is 0.128 e. The molecule has 0 bridgehead atoms. The maximum Gasteiger partial charge on any atom is 0.128 e. The Morgan fingerprint density at radius 2 is 2.31 bits per heavy atom. The summed E-state index contributed by atoms with van der Waals surface area (Å²) in [5.41, 5.74) is 0.0203. The minimum atomic E-state index is -1.05. The van der Waals surface area contributed by atoms with Crippen molar-refractivity contribution < 1.29 is 4.39 Å². The normalized spacial score (nSPS) is 34.8. The number of rotatable bonds is 2. The van der Waals surface area contributed by atoms with Gasteiger partial charge in [-0.1, -0.05) is 20.4 Å². The minimum Gasteiger partial charge on any atom is -0.372 e. The highest BCUT2D eigenvalue weighted by Gasteiger charge is 2.37. The highest BCUT2D eigenvalue weighted by atomic mass is 19.1. The van der Waals surface area contributed by atoms with Gasteiger partial charge in [0.1, 0.15) is 5.67 Å². The van der Waals surface area contributed by atoms with E-state index in [0.717, 1.165) is 25.1 Å². The van der Waals surface area contributed by atoms with Gasteiger partial charge < -0.3 is 4.90 Å². The second-order valence-electron chi connectivity index (χ2n) is 4.31. The van der Waals surface area contributed by atoms with E-state index < -0.39 is 5.67 Å². The van der Waals surface area contributed by atoms with Gasteiger partial charge in [0.05, 0.1) is 6.54 Å². The molecule has 0 aromatic heterocycles. The lowest BCUT2D eigenvalue weighted by atomic mass is 9.85. The first-order valence-corrected chi connectivity index (χ1v) is 5.09. The van der Waals surface area contributed by atoms with Gasteiger partial charge in [-0.15, -0.1) is 0 Å². The van der Waals surface area contributed by atoms with Crippen LogP contribution in [0.3, 0.4) is 0 Å². The van der Waals surface area contributed by atoms with Crippen LogP contribution in [-0.4, -0.2) is 23.7 Å². The maximum absolute atomic E-state index is 13.9. The molecule has 0 aromatic rings. The highest BCUT2D eigenvalue weighted by Crippen LogP contribution is 2.32. The van der Waals surface area contributed by atoms with E-state index >= 15 is 0 Å². The van der Waals surface area contributed by atoms with E-state index in [4.69, 9.17) is 0 Å². The molecule has 1 rings (SSSR count). The van der Waals surface area contributed by atoms with E-state index in [1.807, 2.05) is 6.92 Å². The van der Waals surface area contributed by atoms with Crippen LogP contribution in [0.5, 0.6) is 0 Å². The second-order valence-corrected chi connectivity index (χ2v) is 4.31. The predicted molar refractivity (Wildman–Crippen MR) is 54.3 cm³/mol. The van der Waals surface area contributed by atoms with E-state index in [2.05, 4.69) is 18.4 Å². The van der Waals surface area contributed by atoms with E-state index in [0.29, 0.717) is 6.54 Å². The van der Waals surface area contributed by atoms with Crippen LogP contribution in [0.2, 0.25) is 0 Å². The van der Waals surface area contributed by atoms with Crippen LogP contribution in [0.15, 0.2) is 12.3 Å². The first-order valence-electron chi connectivity index (χ1n) is 5.09. The molecule has 1 aliphatic heterocycles. The minimum absolute atomic E-state index is 0.174. The lowest BCUT2D eigenvalue weighted by Crippen LogP contribution is -2.47. The van der Waals surface area contributed by atoms with Crippen LogP contribution in [0.4, 0.5) is 4.39 Å². The Morgan fingerprint density at radius 3 is 2.77 bits per heavy atom. The van der Waals surface area contributed by atoms with Crippen LogP contribution in [0.1, 0.15) is 33.6 Å². The molecule has 0 radical (unpaired) electrons. The summed E-state index contributed by atoms with van der Waals surface area (Å²) < 4.78 is 13.9. The number of hydrogen-bond donors (Lipinski definition) is 0. The Bertz CT molecular complexity index is 198. The first kappa shape index (κ1) is 10.6. The summed E-state index contributed by atoms with van der Waals surface area (Å²) in [6.07, 6.45) is 1.86. The summed E-state index contributed by atoms with van der Waals surface area (Å²) >= 11 is 0. The predicted octanol–water partition coefficient (Wildman–Crippen LogP) is 2.98. The molecule has 1 saturated heterocycles. The summed E-state index contributed by atoms with van der Waals surface area (Å²) in [6.45, 7) is 11.2. The zero-order valence-electron chi connectivity index (χ0n) is 8.94. The number of hydrogen-bond acceptors (Lipinski definition) is 1. The van der Waals surface area contributed by atoms with Crippen molar-refractivity contribution in [2.75, 3.05) is 13.1 Å². The molecule has 2 unspecified atom stereocenters. The van der Waals surface area contributed by atoms with E-state index in [9.17, 15) is 4.39 Å². The van der Waals surface area contributed by atoms with Crippen LogP contribution in [0.25, 0.3) is 0 Å². The third-order valence-electron chi connectivity index (χ3n) is 3.21. The number of likely N-dealkylation sites (tertiary alicyclic amines) is 1. The number of allylic oxidation sites excluding steroid dienone is 1. The van der Waals surface area contributed by atoms with Gasteiger partial charge in [0.2, 0.25) is 0 Å². The number of halogens is 1. The Kier molecular flexibility index (Phi) is 2.99. The van der Waals surface area contributed by atoms with Gasteiger partial charge in [-0.2, -0.15) is 0 Å². The van der Waals surface area contributed by atoms with Crippen molar-refractivity contribution in [2.45, 2.75) is 39.3 Å². The molecule has 0 N–H and O–H groups in total. The van der Waals surface area contributed by atoms with Crippen molar-refractivity contribution in [3.63, 3.8) is 0 Å². The van der Waals surface area contributed by atoms with Gasteiger partial charge in [-0.3, -0.25) is 0 Å². The molecular weight excluding hydrogens is 165 g/mol. The monoisotopic (exact) mass is 185 g/mol. The number of piperidine rings is 1. The molecule has 1 aliphatic rings. The summed E-state index contributed by atoms with van der Waals surface area (Å²) in [7, 11) is 0. The molecule has 0 spiro atoms. The maximum atomic E-state index is 13.9. The Labute approximate surface area is 80.6 Å². The van der Waals surface area contributed by atoms with E-state index in [1.54, 1.807) is 6.92 Å². The largest absolute Gasteiger partial charge is 0.372 e. The Hall–Kier alpha value is -0.530. The first-order chi connectivity index (χ1) is 5.97. The molecule has 1 nitrogen and oxygen atoms in total. The van der Waals surface area contributed by atoms with Crippen LogP contribution in [0, 0.1) is 5.92 Å². The second kappa shape index (κ2) is 3.69. The topological polar surface area (TPSA) is 3.24 Å². The molecule has 76 valence electrons. The van der Waals surface area contributed by atoms with E-state index in [1.165, 1.54) is 0 Å². The molecule has 2 atom stereocenters. The molecule has 0 aromatic carbocycles. The van der Waals surface area contributed by atoms with Gasteiger partial charge in [0.15, 0.2) is 0 Å². The molecule has 0 amide bonds.